The Morgan fingerprint density at radius 2 is 2.17 bits per heavy atom. The van der Waals surface area contributed by atoms with Crippen molar-refractivity contribution in [1.29, 1.82) is 0 Å². The second-order valence-corrected chi connectivity index (χ2v) is 2.31. The molecule has 0 heterocycles. The van der Waals surface area contributed by atoms with Crippen molar-refractivity contribution in [2.75, 3.05) is 13.2 Å². The standard InChI is InChI=1S/C9H13FO2/c1-7(2)9(6-8(3)10)12-5-4-11/h6,11H,1,3-5H2,2H3/b9-6+. The van der Waals surface area contributed by atoms with Crippen LogP contribution in [0.15, 0.2) is 36.4 Å². The summed E-state index contributed by atoms with van der Waals surface area (Å²) in [6.45, 7) is 8.35. The van der Waals surface area contributed by atoms with Gasteiger partial charge in [-0.3, -0.25) is 0 Å². The van der Waals surface area contributed by atoms with E-state index in [2.05, 4.69) is 13.2 Å². The molecule has 0 saturated heterocycles. The summed E-state index contributed by atoms with van der Waals surface area (Å²) in [5, 5.41) is 8.43. The molecule has 3 heteroatoms. The summed E-state index contributed by atoms with van der Waals surface area (Å²) in [4.78, 5) is 0. The highest BCUT2D eigenvalue weighted by atomic mass is 19.1. The second-order valence-electron chi connectivity index (χ2n) is 2.31. The lowest BCUT2D eigenvalue weighted by Gasteiger charge is -2.07. The molecule has 0 aliphatic rings. The Hall–Kier alpha value is -1.09. The number of ether oxygens (including phenoxy) is 1. The van der Waals surface area contributed by atoms with Crippen molar-refractivity contribution in [2.24, 2.45) is 0 Å². The summed E-state index contributed by atoms with van der Waals surface area (Å²) >= 11 is 0. The first-order valence-corrected chi connectivity index (χ1v) is 3.53. The Balaban J connectivity index is 4.23. The molecule has 0 fully saturated rings. The molecule has 0 aromatic rings. The zero-order valence-corrected chi connectivity index (χ0v) is 7.14. The average molecular weight is 172 g/mol. The van der Waals surface area contributed by atoms with Gasteiger partial charge in [-0.05, 0) is 12.5 Å². The number of aliphatic hydroxyl groups is 1. The van der Waals surface area contributed by atoms with Crippen molar-refractivity contribution in [3.63, 3.8) is 0 Å². The zero-order chi connectivity index (χ0) is 9.56. The lowest BCUT2D eigenvalue weighted by Crippen LogP contribution is -1.99. The summed E-state index contributed by atoms with van der Waals surface area (Å²) in [7, 11) is 0. The smallest absolute Gasteiger partial charge is 0.124 e. The minimum atomic E-state index is -0.592. The largest absolute Gasteiger partial charge is 0.491 e. The molecule has 0 aliphatic carbocycles. The van der Waals surface area contributed by atoms with Crippen molar-refractivity contribution in [3.8, 4) is 0 Å². The summed E-state index contributed by atoms with van der Waals surface area (Å²) in [5.41, 5.74) is 0.599. The van der Waals surface area contributed by atoms with E-state index >= 15 is 0 Å². The molecule has 0 aromatic carbocycles. The van der Waals surface area contributed by atoms with Gasteiger partial charge in [-0.25, -0.2) is 4.39 Å². The third kappa shape index (κ3) is 4.68. The van der Waals surface area contributed by atoms with Crippen LogP contribution in [0.2, 0.25) is 0 Å². The number of allylic oxidation sites excluding steroid dienone is 3. The number of rotatable bonds is 5. The van der Waals surface area contributed by atoms with E-state index in [4.69, 9.17) is 9.84 Å². The van der Waals surface area contributed by atoms with Gasteiger partial charge in [-0.2, -0.15) is 0 Å². The Morgan fingerprint density at radius 3 is 2.50 bits per heavy atom. The Labute approximate surface area is 71.7 Å². The topological polar surface area (TPSA) is 29.5 Å². The maximum absolute atomic E-state index is 12.3. The van der Waals surface area contributed by atoms with Crippen molar-refractivity contribution < 1.29 is 14.2 Å². The van der Waals surface area contributed by atoms with Gasteiger partial charge in [0.2, 0.25) is 0 Å². The fourth-order valence-electron chi connectivity index (χ4n) is 0.586. The number of halogens is 1. The first-order chi connectivity index (χ1) is 5.57. The summed E-state index contributed by atoms with van der Waals surface area (Å²) in [6.07, 6.45) is 1.14. The van der Waals surface area contributed by atoms with Crippen LogP contribution in [0.25, 0.3) is 0 Å². The van der Waals surface area contributed by atoms with Crippen LogP contribution in [0.1, 0.15) is 6.92 Å². The highest BCUT2D eigenvalue weighted by Gasteiger charge is 1.99. The molecule has 1 N–H and O–H groups in total. The molecule has 0 amide bonds. The van der Waals surface area contributed by atoms with E-state index in [9.17, 15) is 4.39 Å². The van der Waals surface area contributed by atoms with Gasteiger partial charge in [0, 0.05) is 6.08 Å². The van der Waals surface area contributed by atoms with Crippen LogP contribution in [-0.2, 0) is 4.74 Å². The van der Waals surface area contributed by atoms with Crippen molar-refractivity contribution >= 4 is 0 Å². The summed E-state index contributed by atoms with van der Waals surface area (Å²) in [6, 6.07) is 0. The second kappa shape index (κ2) is 5.55. The Morgan fingerprint density at radius 1 is 1.58 bits per heavy atom. The minimum absolute atomic E-state index is 0.108. The molecule has 0 aliphatic heterocycles. The van der Waals surface area contributed by atoms with E-state index in [1.54, 1.807) is 6.92 Å². The zero-order valence-electron chi connectivity index (χ0n) is 7.14. The van der Waals surface area contributed by atoms with Crippen LogP contribution >= 0.6 is 0 Å². The average Bonchev–Trinajstić information content (AvgIpc) is 1.96. The van der Waals surface area contributed by atoms with E-state index in [1.165, 1.54) is 0 Å². The van der Waals surface area contributed by atoms with Crippen LogP contribution in [0.4, 0.5) is 4.39 Å². The van der Waals surface area contributed by atoms with Gasteiger partial charge in [0.1, 0.15) is 18.2 Å². The molecule has 0 bridgehead atoms. The molecule has 0 spiro atoms. The molecule has 0 atom stereocenters. The van der Waals surface area contributed by atoms with Crippen LogP contribution in [-0.4, -0.2) is 18.3 Å². The van der Waals surface area contributed by atoms with Gasteiger partial charge in [-0.1, -0.05) is 13.2 Å². The summed E-state index contributed by atoms with van der Waals surface area (Å²) < 4.78 is 17.3. The normalized spacial score (nSPS) is 11.1. The molecule has 12 heavy (non-hydrogen) atoms. The van der Waals surface area contributed by atoms with Crippen LogP contribution in [0, 0.1) is 0 Å². The van der Waals surface area contributed by atoms with E-state index in [0.717, 1.165) is 6.08 Å². The third-order valence-corrected chi connectivity index (χ3v) is 1.06. The van der Waals surface area contributed by atoms with Gasteiger partial charge in [-0.15, -0.1) is 0 Å². The Kier molecular flexibility index (Phi) is 5.04. The van der Waals surface area contributed by atoms with Crippen LogP contribution in [0.5, 0.6) is 0 Å². The molecule has 2 nitrogen and oxygen atoms in total. The highest BCUT2D eigenvalue weighted by molar-refractivity contribution is 5.26. The van der Waals surface area contributed by atoms with Crippen molar-refractivity contribution in [3.05, 3.63) is 36.4 Å². The maximum Gasteiger partial charge on any atom is 0.124 e. The molecule has 0 unspecified atom stereocenters. The molecule has 0 aromatic heterocycles. The van der Waals surface area contributed by atoms with Gasteiger partial charge < -0.3 is 9.84 Å². The quantitative estimate of drug-likeness (QED) is 0.507. The monoisotopic (exact) mass is 172 g/mol. The number of hydrogen-bond donors (Lipinski definition) is 1. The SMILES string of the molecule is C=C(F)/C=C(/OCCO)C(=C)C. The lowest BCUT2D eigenvalue weighted by atomic mass is 10.2. The fourth-order valence-corrected chi connectivity index (χ4v) is 0.586. The first kappa shape index (κ1) is 10.9. The van der Waals surface area contributed by atoms with Gasteiger partial charge in [0.15, 0.2) is 0 Å². The van der Waals surface area contributed by atoms with E-state index in [0.29, 0.717) is 11.3 Å². The molecule has 0 rings (SSSR count). The molecule has 0 radical (unpaired) electrons. The fraction of sp³-hybridized carbons (Fsp3) is 0.333. The van der Waals surface area contributed by atoms with Gasteiger partial charge in [0.05, 0.1) is 6.61 Å². The van der Waals surface area contributed by atoms with Gasteiger partial charge in [0.25, 0.3) is 0 Å². The van der Waals surface area contributed by atoms with Crippen LogP contribution < -0.4 is 0 Å². The Bertz CT molecular complexity index is 207. The number of aliphatic hydroxyl groups excluding tert-OH is 1. The molecular weight excluding hydrogens is 159 g/mol. The van der Waals surface area contributed by atoms with E-state index in [-0.39, 0.29) is 13.2 Å². The van der Waals surface area contributed by atoms with Gasteiger partial charge >= 0.3 is 0 Å². The molecular formula is C9H13FO2. The van der Waals surface area contributed by atoms with Crippen molar-refractivity contribution in [1.82, 2.24) is 0 Å². The summed E-state index contributed by atoms with van der Waals surface area (Å²) in [5.74, 6) is -0.275. The first-order valence-electron chi connectivity index (χ1n) is 3.53. The molecule has 68 valence electrons. The van der Waals surface area contributed by atoms with Crippen LogP contribution in [0.3, 0.4) is 0 Å². The number of hydrogen-bond acceptors (Lipinski definition) is 2. The van der Waals surface area contributed by atoms with Crippen molar-refractivity contribution in [2.45, 2.75) is 6.92 Å². The highest BCUT2D eigenvalue weighted by Crippen LogP contribution is 2.11. The predicted octanol–water partition coefficient (Wildman–Crippen LogP) is 1.94. The van der Waals surface area contributed by atoms with E-state index < -0.39 is 5.83 Å². The predicted molar refractivity (Wildman–Crippen MR) is 46.2 cm³/mol. The maximum atomic E-state index is 12.3. The molecule has 0 saturated carbocycles. The van der Waals surface area contributed by atoms with E-state index in [1.807, 2.05) is 0 Å². The third-order valence-electron chi connectivity index (χ3n) is 1.06. The lowest BCUT2D eigenvalue weighted by molar-refractivity contribution is 0.149. The minimum Gasteiger partial charge on any atom is -0.491 e.